The summed E-state index contributed by atoms with van der Waals surface area (Å²) in [7, 11) is 3.12. The van der Waals surface area contributed by atoms with Gasteiger partial charge >= 0.3 is 0 Å². The van der Waals surface area contributed by atoms with Gasteiger partial charge in [0.1, 0.15) is 23.8 Å². The van der Waals surface area contributed by atoms with E-state index in [1.165, 1.54) is 12.0 Å². The molecule has 1 aliphatic rings. The summed E-state index contributed by atoms with van der Waals surface area (Å²) < 4.78 is 5.49. The molecule has 0 radical (unpaired) electrons. The summed E-state index contributed by atoms with van der Waals surface area (Å²) in [6, 6.07) is 17.6. The minimum Gasteiger partial charge on any atom is -0.496 e. The van der Waals surface area contributed by atoms with Crippen LogP contribution in [0.2, 0.25) is 0 Å². The number of aromatic amines is 1. The van der Waals surface area contributed by atoms with Gasteiger partial charge in [-0.25, -0.2) is 4.98 Å². The standard InChI is InChI=1S/C27H25N5O4/c1-16-28-20-8-6-9-21(25(20)29-16)30-26(34)19-12-11-18(13-23(19)36-3)27(35)32-15-31(2)24(33)14-17-7-4-5-10-22(17)32/h4-13H,14-15H2,1-3H3,(H,28,29)(H,30,34). The zero-order valence-electron chi connectivity index (χ0n) is 20.2. The number of ether oxygens (including phenoxy) is 1. The number of nitrogens with one attached hydrogen (secondary N) is 2. The number of H-pyrrole nitrogens is 1. The molecule has 0 bridgehead atoms. The molecule has 0 fully saturated rings. The fourth-order valence-corrected chi connectivity index (χ4v) is 4.38. The molecule has 36 heavy (non-hydrogen) atoms. The van der Waals surface area contributed by atoms with Gasteiger partial charge in [-0.1, -0.05) is 24.3 Å². The van der Waals surface area contributed by atoms with E-state index in [0.717, 1.165) is 16.9 Å². The van der Waals surface area contributed by atoms with Gasteiger partial charge in [-0.05, 0) is 48.9 Å². The SMILES string of the molecule is COc1cc(C(=O)N2CN(C)C(=O)Cc3ccccc32)ccc1C(=O)Nc1cccc2[nH]c(C)nc12. The molecule has 5 rings (SSSR count). The summed E-state index contributed by atoms with van der Waals surface area (Å²) >= 11 is 0. The highest BCUT2D eigenvalue weighted by Crippen LogP contribution is 2.29. The molecule has 4 aromatic rings. The van der Waals surface area contributed by atoms with Gasteiger partial charge in [0.05, 0.1) is 30.3 Å². The number of fused-ring (bicyclic) bond motifs is 2. The lowest BCUT2D eigenvalue weighted by Crippen LogP contribution is -2.41. The minimum atomic E-state index is -0.385. The molecule has 0 saturated carbocycles. The average molecular weight is 484 g/mol. The van der Waals surface area contributed by atoms with Gasteiger partial charge in [0.2, 0.25) is 5.91 Å². The van der Waals surface area contributed by atoms with Crippen molar-refractivity contribution in [2.75, 3.05) is 31.0 Å². The highest BCUT2D eigenvalue weighted by atomic mass is 16.5. The van der Waals surface area contributed by atoms with E-state index in [-0.39, 0.29) is 42.1 Å². The number of hydrogen-bond donors (Lipinski definition) is 2. The summed E-state index contributed by atoms with van der Waals surface area (Å²) in [6.07, 6.45) is 0.223. The molecule has 9 heteroatoms. The van der Waals surface area contributed by atoms with E-state index in [0.29, 0.717) is 22.5 Å². The third-order valence-electron chi connectivity index (χ3n) is 6.22. The number of hydrogen-bond acceptors (Lipinski definition) is 5. The van der Waals surface area contributed by atoms with Gasteiger partial charge in [0.15, 0.2) is 0 Å². The van der Waals surface area contributed by atoms with Gasteiger partial charge in [-0.2, -0.15) is 0 Å². The van der Waals surface area contributed by atoms with Crippen LogP contribution in [0, 0.1) is 6.92 Å². The molecule has 2 N–H and O–H groups in total. The van der Waals surface area contributed by atoms with Crippen LogP contribution in [0.3, 0.4) is 0 Å². The Morgan fingerprint density at radius 1 is 1.08 bits per heavy atom. The predicted molar refractivity (Wildman–Crippen MR) is 136 cm³/mol. The van der Waals surface area contributed by atoms with Gasteiger partial charge in [-0.15, -0.1) is 0 Å². The molecule has 0 atom stereocenters. The molecule has 0 spiro atoms. The number of methoxy groups -OCH3 is 1. The lowest BCUT2D eigenvalue weighted by atomic mass is 10.1. The van der Waals surface area contributed by atoms with E-state index >= 15 is 0 Å². The largest absolute Gasteiger partial charge is 0.496 e. The zero-order chi connectivity index (χ0) is 25.4. The Labute approximate surface area is 207 Å². The lowest BCUT2D eigenvalue weighted by Gasteiger charge is -2.26. The Hall–Kier alpha value is -4.66. The van der Waals surface area contributed by atoms with E-state index in [1.54, 1.807) is 36.2 Å². The Morgan fingerprint density at radius 2 is 1.89 bits per heavy atom. The summed E-state index contributed by atoms with van der Waals surface area (Å²) in [6.45, 7) is 1.97. The first kappa shape index (κ1) is 23.1. The van der Waals surface area contributed by atoms with Crippen LogP contribution < -0.4 is 15.0 Å². The number of benzene rings is 3. The molecule has 182 valence electrons. The van der Waals surface area contributed by atoms with Gasteiger partial charge in [-0.3, -0.25) is 19.3 Å². The first-order valence-electron chi connectivity index (χ1n) is 11.4. The molecule has 3 amide bonds. The Kier molecular flexibility index (Phi) is 5.89. The normalized spacial score (nSPS) is 13.4. The van der Waals surface area contributed by atoms with E-state index in [9.17, 15) is 14.4 Å². The fourth-order valence-electron chi connectivity index (χ4n) is 4.38. The van der Waals surface area contributed by atoms with Gasteiger partial charge in [0.25, 0.3) is 11.8 Å². The molecular formula is C27H25N5O4. The van der Waals surface area contributed by atoms with Crippen molar-refractivity contribution in [3.05, 3.63) is 83.2 Å². The van der Waals surface area contributed by atoms with Crippen molar-refractivity contribution in [3.8, 4) is 5.75 Å². The number of carbonyl (C=O) groups excluding carboxylic acids is 3. The first-order chi connectivity index (χ1) is 17.4. The Bertz CT molecular complexity index is 1510. The van der Waals surface area contributed by atoms with E-state index in [1.807, 2.05) is 43.3 Å². The third kappa shape index (κ3) is 4.15. The second kappa shape index (κ2) is 9.18. The average Bonchev–Trinajstić information content (AvgIpc) is 3.22. The number of carbonyl (C=O) groups is 3. The highest BCUT2D eigenvalue weighted by Gasteiger charge is 2.28. The molecule has 9 nitrogen and oxygen atoms in total. The Balaban J connectivity index is 1.45. The van der Waals surface area contributed by atoms with Crippen LogP contribution in [-0.4, -0.2) is 53.4 Å². The molecular weight excluding hydrogens is 458 g/mol. The van der Waals surface area contributed by atoms with Crippen LogP contribution in [-0.2, 0) is 11.2 Å². The van der Waals surface area contributed by atoms with Crippen molar-refractivity contribution in [1.82, 2.24) is 14.9 Å². The van der Waals surface area contributed by atoms with E-state index in [4.69, 9.17) is 4.74 Å². The van der Waals surface area contributed by atoms with Gasteiger partial charge in [0, 0.05) is 18.3 Å². The number of aromatic nitrogens is 2. The van der Waals surface area contributed by atoms with Crippen LogP contribution in [0.4, 0.5) is 11.4 Å². The van der Waals surface area contributed by atoms with Crippen LogP contribution in [0.25, 0.3) is 11.0 Å². The summed E-state index contributed by atoms with van der Waals surface area (Å²) in [4.78, 5) is 49.9. The van der Waals surface area contributed by atoms with Crippen molar-refractivity contribution >= 4 is 40.1 Å². The van der Waals surface area contributed by atoms with Crippen LogP contribution in [0.5, 0.6) is 5.75 Å². The number of imidazole rings is 1. The summed E-state index contributed by atoms with van der Waals surface area (Å²) in [5.41, 5.74) is 4.13. The second-order valence-electron chi connectivity index (χ2n) is 8.66. The zero-order valence-corrected chi connectivity index (χ0v) is 20.2. The maximum Gasteiger partial charge on any atom is 0.259 e. The monoisotopic (exact) mass is 483 g/mol. The smallest absolute Gasteiger partial charge is 0.259 e. The second-order valence-corrected chi connectivity index (χ2v) is 8.66. The quantitative estimate of drug-likeness (QED) is 0.460. The van der Waals surface area contributed by atoms with Crippen molar-refractivity contribution in [3.63, 3.8) is 0 Å². The third-order valence-corrected chi connectivity index (χ3v) is 6.22. The number of likely N-dealkylation sites (N-methyl/N-ethyl adjacent to an activating group) is 1. The number of aryl methyl sites for hydroxylation is 1. The molecule has 0 saturated heterocycles. The maximum atomic E-state index is 13.6. The Morgan fingerprint density at radius 3 is 2.69 bits per heavy atom. The predicted octanol–water partition coefficient (Wildman–Crippen LogP) is 3.75. The van der Waals surface area contributed by atoms with E-state index < -0.39 is 0 Å². The minimum absolute atomic E-state index is 0.0653. The molecule has 2 heterocycles. The van der Waals surface area contributed by atoms with Crippen LogP contribution in [0.15, 0.2) is 60.7 Å². The molecule has 0 unspecified atom stereocenters. The lowest BCUT2D eigenvalue weighted by molar-refractivity contribution is -0.128. The van der Waals surface area contributed by atoms with Crippen molar-refractivity contribution in [2.24, 2.45) is 0 Å². The van der Waals surface area contributed by atoms with Crippen molar-refractivity contribution in [2.45, 2.75) is 13.3 Å². The molecule has 1 aromatic heterocycles. The number of anilines is 2. The van der Waals surface area contributed by atoms with Crippen LogP contribution >= 0.6 is 0 Å². The maximum absolute atomic E-state index is 13.6. The first-order valence-corrected chi connectivity index (χ1v) is 11.4. The summed E-state index contributed by atoms with van der Waals surface area (Å²) in [5, 5.41) is 2.89. The molecule has 1 aliphatic heterocycles. The fraction of sp³-hybridized carbons (Fsp3) is 0.185. The van der Waals surface area contributed by atoms with Crippen molar-refractivity contribution < 1.29 is 19.1 Å². The van der Waals surface area contributed by atoms with E-state index in [2.05, 4.69) is 15.3 Å². The molecule has 3 aromatic carbocycles. The number of rotatable bonds is 4. The molecule has 0 aliphatic carbocycles. The summed E-state index contributed by atoms with van der Waals surface area (Å²) in [5.74, 6) is 0.255. The van der Waals surface area contributed by atoms with Crippen LogP contribution in [0.1, 0.15) is 32.1 Å². The number of amides is 3. The van der Waals surface area contributed by atoms with Crippen molar-refractivity contribution in [1.29, 1.82) is 0 Å². The number of para-hydroxylation sites is 2. The highest BCUT2D eigenvalue weighted by molar-refractivity contribution is 6.12. The topological polar surface area (TPSA) is 108 Å². The number of nitrogens with zero attached hydrogens (tertiary/aromatic N) is 3. The van der Waals surface area contributed by atoms with Gasteiger partial charge < -0.3 is 19.9 Å².